The minimum Gasteiger partial charge on any atom is -0.370 e. The van der Waals surface area contributed by atoms with E-state index in [0.29, 0.717) is 16.9 Å². The predicted octanol–water partition coefficient (Wildman–Crippen LogP) is 3.20. The van der Waals surface area contributed by atoms with Crippen LogP contribution in [-0.4, -0.2) is 16.5 Å². The van der Waals surface area contributed by atoms with Gasteiger partial charge in [-0.15, -0.1) is 0 Å². The van der Waals surface area contributed by atoms with Gasteiger partial charge in [0.15, 0.2) is 0 Å². The molecule has 0 aliphatic rings. The van der Waals surface area contributed by atoms with Crippen molar-refractivity contribution in [3.63, 3.8) is 0 Å². The van der Waals surface area contributed by atoms with Crippen LogP contribution in [0.4, 0.5) is 5.82 Å². The van der Waals surface area contributed by atoms with Crippen LogP contribution >= 0.6 is 11.6 Å². The summed E-state index contributed by atoms with van der Waals surface area (Å²) in [6.45, 7) is 9.10. The van der Waals surface area contributed by atoms with Crippen LogP contribution in [0.2, 0.25) is 5.15 Å². The third-order valence-corrected chi connectivity index (χ3v) is 2.58. The Morgan fingerprint density at radius 2 is 1.93 bits per heavy atom. The zero-order valence-electron chi connectivity index (χ0n) is 9.76. The van der Waals surface area contributed by atoms with Crippen molar-refractivity contribution in [1.29, 1.82) is 0 Å². The molecule has 3 nitrogen and oxygen atoms in total. The van der Waals surface area contributed by atoms with Gasteiger partial charge in [0.05, 0.1) is 0 Å². The van der Waals surface area contributed by atoms with E-state index in [2.05, 4.69) is 29.1 Å². The molecule has 0 bridgehead atoms. The van der Waals surface area contributed by atoms with E-state index in [9.17, 15) is 0 Å². The number of halogens is 1. The summed E-state index contributed by atoms with van der Waals surface area (Å²) in [7, 11) is 0. The average molecular weight is 228 g/mol. The third kappa shape index (κ3) is 3.67. The molecule has 1 N–H and O–H groups in total. The molecule has 0 radical (unpaired) electrons. The van der Waals surface area contributed by atoms with Crippen molar-refractivity contribution >= 4 is 17.4 Å². The third-order valence-electron chi connectivity index (χ3n) is 2.21. The second-order valence-electron chi connectivity index (χ2n) is 4.14. The van der Waals surface area contributed by atoms with Crippen molar-refractivity contribution in [2.45, 2.75) is 34.1 Å². The van der Waals surface area contributed by atoms with Crippen molar-refractivity contribution in [1.82, 2.24) is 9.97 Å². The SMILES string of the molecule is Cc1nc(Cl)c(C)c(NCCC(C)C)n1. The van der Waals surface area contributed by atoms with E-state index in [4.69, 9.17) is 11.6 Å². The second kappa shape index (κ2) is 5.31. The van der Waals surface area contributed by atoms with Crippen molar-refractivity contribution < 1.29 is 0 Å². The predicted molar refractivity (Wildman–Crippen MR) is 64.5 cm³/mol. The average Bonchev–Trinajstić information content (AvgIpc) is 2.12. The zero-order valence-corrected chi connectivity index (χ0v) is 10.5. The summed E-state index contributed by atoms with van der Waals surface area (Å²) in [4.78, 5) is 8.42. The van der Waals surface area contributed by atoms with Gasteiger partial charge in [-0.3, -0.25) is 0 Å². The molecular weight excluding hydrogens is 210 g/mol. The lowest BCUT2D eigenvalue weighted by Crippen LogP contribution is -2.09. The van der Waals surface area contributed by atoms with Gasteiger partial charge in [0, 0.05) is 12.1 Å². The summed E-state index contributed by atoms with van der Waals surface area (Å²) in [5.74, 6) is 2.25. The number of anilines is 1. The van der Waals surface area contributed by atoms with Gasteiger partial charge in [-0.05, 0) is 26.2 Å². The second-order valence-corrected chi connectivity index (χ2v) is 4.50. The highest BCUT2D eigenvalue weighted by Gasteiger charge is 2.06. The summed E-state index contributed by atoms with van der Waals surface area (Å²) < 4.78 is 0. The Labute approximate surface area is 96.3 Å². The van der Waals surface area contributed by atoms with Crippen LogP contribution in [0, 0.1) is 19.8 Å². The molecule has 1 heterocycles. The molecule has 0 spiro atoms. The summed E-state index contributed by atoms with van der Waals surface area (Å²) in [5.41, 5.74) is 0.922. The van der Waals surface area contributed by atoms with Gasteiger partial charge in [-0.2, -0.15) is 0 Å². The van der Waals surface area contributed by atoms with Crippen LogP contribution in [0.25, 0.3) is 0 Å². The highest BCUT2D eigenvalue weighted by Crippen LogP contribution is 2.19. The summed E-state index contributed by atoms with van der Waals surface area (Å²) >= 11 is 5.97. The molecule has 0 atom stereocenters. The first-order chi connectivity index (χ1) is 7.00. The number of nitrogens with zero attached hydrogens (tertiary/aromatic N) is 2. The van der Waals surface area contributed by atoms with Crippen molar-refractivity contribution in [3.8, 4) is 0 Å². The molecule has 15 heavy (non-hydrogen) atoms. The first-order valence-electron chi connectivity index (χ1n) is 5.25. The van der Waals surface area contributed by atoms with Crippen LogP contribution < -0.4 is 5.32 Å². The van der Waals surface area contributed by atoms with Gasteiger partial charge in [0.1, 0.15) is 16.8 Å². The Kier molecular flexibility index (Phi) is 4.33. The Hall–Kier alpha value is -0.830. The van der Waals surface area contributed by atoms with Gasteiger partial charge < -0.3 is 5.32 Å². The van der Waals surface area contributed by atoms with Crippen LogP contribution in [0.1, 0.15) is 31.7 Å². The smallest absolute Gasteiger partial charge is 0.137 e. The van der Waals surface area contributed by atoms with E-state index in [1.54, 1.807) is 0 Å². The molecule has 0 fully saturated rings. The maximum absolute atomic E-state index is 5.97. The normalized spacial score (nSPS) is 10.8. The molecule has 0 saturated carbocycles. The molecular formula is C11H18ClN3. The maximum atomic E-state index is 5.97. The number of hydrogen-bond acceptors (Lipinski definition) is 3. The van der Waals surface area contributed by atoms with Crippen molar-refractivity contribution in [2.75, 3.05) is 11.9 Å². The molecule has 0 aromatic carbocycles. The minimum absolute atomic E-state index is 0.537. The summed E-state index contributed by atoms with van der Waals surface area (Å²) in [5, 5.41) is 3.83. The minimum atomic E-state index is 0.537. The Bertz CT molecular complexity index is 337. The number of nitrogens with one attached hydrogen (secondary N) is 1. The van der Waals surface area contributed by atoms with Gasteiger partial charge in [-0.25, -0.2) is 9.97 Å². The molecule has 1 aromatic rings. The molecule has 0 saturated heterocycles. The first-order valence-corrected chi connectivity index (χ1v) is 5.63. The number of aryl methyl sites for hydroxylation is 1. The van der Waals surface area contributed by atoms with E-state index in [1.807, 2.05) is 13.8 Å². The highest BCUT2D eigenvalue weighted by atomic mass is 35.5. The summed E-state index contributed by atoms with van der Waals surface area (Å²) in [6, 6.07) is 0. The first kappa shape index (κ1) is 12.2. The van der Waals surface area contributed by atoms with E-state index >= 15 is 0 Å². The van der Waals surface area contributed by atoms with E-state index in [1.165, 1.54) is 0 Å². The molecule has 4 heteroatoms. The van der Waals surface area contributed by atoms with E-state index < -0.39 is 0 Å². The fourth-order valence-corrected chi connectivity index (χ4v) is 1.46. The fourth-order valence-electron chi connectivity index (χ4n) is 1.25. The topological polar surface area (TPSA) is 37.8 Å². The van der Waals surface area contributed by atoms with Crippen LogP contribution in [-0.2, 0) is 0 Å². The highest BCUT2D eigenvalue weighted by molar-refractivity contribution is 6.30. The van der Waals surface area contributed by atoms with Gasteiger partial charge >= 0.3 is 0 Å². The van der Waals surface area contributed by atoms with Gasteiger partial charge in [0.25, 0.3) is 0 Å². The number of rotatable bonds is 4. The van der Waals surface area contributed by atoms with Crippen LogP contribution in [0.15, 0.2) is 0 Å². The molecule has 0 unspecified atom stereocenters. The number of aromatic nitrogens is 2. The lowest BCUT2D eigenvalue weighted by Gasteiger charge is -2.11. The van der Waals surface area contributed by atoms with Crippen LogP contribution in [0.3, 0.4) is 0 Å². The molecule has 1 rings (SSSR count). The van der Waals surface area contributed by atoms with Gasteiger partial charge in [0.2, 0.25) is 0 Å². The summed E-state index contributed by atoms with van der Waals surface area (Å²) in [6.07, 6.45) is 1.13. The quantitative estimate of drug-likeness (QED) is 0.803. The lowest BCUT2D eigenvalue weighted by molar-refractivity contribution is 0.606. The molecule has 0 aliphatic carbocycles. The van der Waals surface area contributed by atoms with E-state index in [-0.39, 0.29) is 0 Å². The Balaban J connectivity index is 2.68. The molecule has 84 valence electrons. The number of hydrogen-bond donors (Lipinski definition) is 1. The van der Waals surface area contributed by atoms with Crippen LogP contribution in [0.5, 0.6) is 0 Å². The van der Waals surface area contributed by atoms with Crippen molar-refractivity contribution in [2.24, 2.45) is 5.92 Å². The lowest BCUT2D eigenvalue weighted by atomic mass is 10.1. The van der Waals surface area contributed by atoms with Gasteiger partial charge in [-0.1, -0.05) is 25.4 Å². The van der Waals surface area contributed by atoms with E-state index in [0.717, 1.165) is 24.3 Å². The molecule has 1 aromatic heterocycles. The zero-order chi connectivity index (χ0) is 11.4. The Morgan fingerprint density at radius 3 is 2.53 bits per heavy atom. The molecule has 0 amide bonds. The molecule has 0 aliphatic heterocycles. The maximum Gasteiger partial charge on any atom is 0.137 e. The largest absolute Gasteiger partial charge is 0.370 e. The monoisotopic (exact) mass is 227 g/mol. The Morgan fingerprint density at radius 1 is 1.27 bits per heavy atom. The standard InChI is InChI=1S/C11H18ClN3/c1-7(2)5-6-13-11-8(3)10(12)14-9(4)15-11/h7H,5-6H2,1-4H3,(H,13,14,15). The van der Waals surface area contributed by atoms with Crippen molar-refractivity contribution in [3.05, 3.63) is 16.5 Å². The fraction of sp³-hybridized carbons (Fsp3) is 0.636.